The molecule has 2 N–H and O–H groups in total. The predicted octanol–water partition coefficient (Wildman–Crippen LogP) is 4.41. The van der Waals surface area contributed by atoms with Crippen LogP contribution in [0.25, 0.3) is 33.1 Å². The number of carbonyl (C=O) groups excluding carboxylic acids is 1. The average molecular weight is 431 g/mol. The van der Waals surface area contributed by atoms with Gasteiger partial charge in [0.25, 0.3) is 0 Å². The number of ether oxygens (including phenoxy) is 2. The quantitative estimate of drug-likeness (QED) is 0.477. The van der Waals surface area contributed by atoms with E-state index < -0.39 is 5.97 Å². The molecule has 4 aromatic rings. The smallest absolute Gasteiger partial charge is 0.359 e. The second-order valence-corrected chi connectivity index (χ2v) is 7.94. The van der Waals surface area contributed by atoms with Crippen molar-refractivity contribution in [2.24, 2.45) is 0 Å². The van der Waals surface area contributed by atoms with Crippen LogP contribution < -0.4 is 5.73 Å². The minimum absolute atomic E-state index is 0.0865. The van der Waals surface area contributed by atoms with Gasteiger partial charge in [0.2, 0.25) is 0 Å². The summed E-state index contributed by atoms with van der Waals surface area (Å²) in [6.07, 6.45) is 6.56. The lowest BCUT2D eigenvalue weighted by molar-refractivity contribution is -0.0366. The number of anilines is 1. The fourth-order valence-electron chi connectivity index (χ4n) is 4.42. The number of pyridine rings is 2. The van der Waals surface area contributed by atoms with Gasteiger partial charge in [0.1, 0.15) is 0 Å². The van der Waals surface area contributed by atoms with Crippen LogP contribution in [0.5, 0.6) is 0 Å². The van der Waals surface area contributed by atoms with E-state index in [0.29, 0.717) is 16.6 Å². The highest BCUT2D eigenvalue weighted by molar-refractivity contribution is 6.11. The van der Waals surface area contributed by atoms with Gasteiger partial charge in [-0.05, 0) is 62.4 Å². The topological polar surface area (TPSA) is 105 Å². The first-order valence-electron chi connectivity index (χ1n) is 10.9. The summed E-state index contributed by atoms with van der Waals surface area (Å²) in [4.78, 5) is 21.7. The fraction of sp³-hybridized carbons (Fsp3) is 0.333. The van der Waals surface area contributed by atoms with E-state index in [0.717, 1.165) is 47.9 Å². The Labute approximate surface area is 185 Å². The first-order chi connectivity index (χ1) is 15.6. The van der Waals surface area contributed by atoms with Gasteiger partial charge in [-0.25, -0.2) is 14.5 Å². The molecule has 0 radical (unpaired) electrons. The van der Waals surface area contributed by atoms with Crippen LogP contribution in [0.15, 0.2) is 36.7 Å². The van der Waals surface area contributed by atoms with Crippen molar-refractivity contribution >= 4 is 33.6 Å². The normalized spacial score (nSPS) is 16.5. The van der Waals surface area contributed by atoms with Crippen LogP contribution >= 0.6 is 0 Å². The molecule has 0 saturated carbocycles. The van der Waals surface area contributed by atoms with Crippen LogP contribution in [0.3, 0.4) is 0 Å². The molecule has 1 atom stereocenters. The Hall–Kier alpha value is -3.52. The van der Waals surface area contributed by atoms with Gasteiger partial charge < -0.3 is 15.2 Å². The molecule has 0 bridgehead atoms. The highest BCUT2D eigenvalue weighted by atomic mass is 16.5. The third kappa shape index (κ3) is 3.27. The van der Waals surface area contributed by atoms with Gasteiger partial charge in [0.15, 0.2) is 11.9 Å². The van der Waals surface area contributed by atoms with E-state index in [9.17, 15) is 4.79 Å². The van der Waals surface area contributed by atoms with Gasteiger partial charge in [0.05, 0.1) is 35.0 Å². The standard InChI is InChI=1S/C24H25N5O3/c1-3-31-24(30)23-21(25)20(22-16(28-23)7-6-11-26-22)19-14(2)9-10-17-15(19)13-27-29(17)18-8-4-5-12-32-18/h6-7,9-11,13,18H,3-5,8,12,25H2,1-2H3. The Kier molecular flexibility index (Phi) is 5.22. The fourth-order valence-corrected chi connectivity index (χ4v) is 4.42. The second kappa shape index (κ2) is 8.20. The molecule has 0 aliphatic carbocycles. The number of hydrogen-bond acceptors (Lipinski definition) is 7. The lowest BCUT2D eigenvalue weighted by atomic mass is 9.94. The lowest BCUT2D eigenvalue weighted by Crippen LogP contribution is -2.18. The van der Waals surface area contributed by atoms with Crippen molar-refractivity contribution in [3.8, 4) is 11.1 Å². The molecular formula is C24H25N5O3. The van der Waals surface area contributed by atoms with E-state index in [1.807, 2.05) is 29.9 Å². The summed E-state index contributed by atoms with van der Waals surface area (Å²) in [7, 11) is 0. The number of fused-ring (bicyclic) bond motifs is 2. The van der Waals surface area contributed by atoms with Crippen LogP contribution in [-0.4, -0.2) is 38.9 Å². The summed E-state index contributed by atoms with van der Waals surface area (Å²) in [5.41, 5.74) is 11.7. The lowest BCUT2D eigenvalue weighted by Gasteiger charge is -2.23. The van der Waals surface area contributed by atoms with Gasteiger partial charge in [0, 0.05) is 23.8 Å². The van der Waals surface area contributed by atoms with Crippen molar-refractivity contribution in [2.45, 2.75) is 39.3 Å². The van der Waals surface area contributed by atoms with Crippen LogP contribution in [0.4, 0.5) is 5.69 Å². The molecule has 0 amide bonds. The highest BCUT2D eigenvalue weighted by Crippen LogP contribution is 2.41. The van der Waals surface area contributed by atoms with Crippen molar-refractivity contribution in [1.29, 1.82) is 0 Å². The second-order valence-electron chi connectivity index (χ2n) is 7.94. The van der Waals surface area contributed by atoms with E-state index in [1.54, 1.807) is 19.2 Å². The molecule has 32 heavy (non-hydrogen) atoms. The number of esters is 1. The highest BCUT2D eigenvalue weighted by Gasteiger charge is 2.25. The first kappa shape index (κ1) is 20.4. The monoisotopic (exact) mass is 431 g/mol. The molecule has 1 fully saturated rings. The van der Waals surface area contributed by atoms with Gasteiger partial charge >= 0.3 is 5.97 Å². The Morgan fingerprint density at radius 3 is 2.94 bits per heavy atom. The van der Waals surface area contributed by atoms with Gasteiger partial charge in [-0.3, -0.25) is 4.98 Å². The zero-order chi connectivity index (χ0) is 22.2. The van der Waals surface area contributed by atoms with Gasteiger partial charge in [-0.2, -0.15) is 5.10 Å². The predicted molar refractivity (Wildman–Crippen MR) is 122 cm³/mol. The van der Waals surface area contributed by atoms with Crippen molar-refractivity contribution < 1.29 is 14.3 Å². The number of aryl methyl sites for hydroxylation is 1. The first-order valence-corrected chi connectivity index (χ1v) is 10.9. The van der Waals surface area contributed by atoms with E-state index in [1.165, 1.54) is 0 Å². The molecule has 4 heterocycles. The maximum Gasteiger partial charge on any atom is 0.359 e. The van der Waals surface area contributed by atoms with Gasteiger partial charge in [-0.1, -0.05) is 6.07 Å². The maximum atomic E-state index is 12.6. The Balaban J connectivity index is 1.79. The molecular weight excluding hydrogens is 406 g/mol. The maximum absolute atomic E-state index is 12.6. The van der Waals surface area contributed by atoms with Crippen molar-refractivity contribution in [3.63, 3.8) is 0 Å². The Bertz CT molecular complexity index is 1320. The minimum Gasteiger partial charge on any atom is -0.461 e. The summed E-state index contributed by atoms with van der Waals surface area (Å²) in [5, 5.41) is 5.60. The summed E-state index contributed by atoms with van der Waals surface area (Å²) < 4.78 is 13.1. The van der Waals surface area contributed by atoms with Crippen LogP contribution in [0.1, 0.15) is 48.5 Å². The van der Waals surface area contributed by atoms with Crippen LogP contribution in [0, 0.1) is 6.92 Å². The van der Waals surface area contributed by atoms with Crippen LogP contribution in [0.2, 0.25) is 0 Å². The summed E-state index contributed by atoms with van der Waals surface area (Å²) >= 11 is 0. The molecule has 8 nitrogen and oxygen atoms in total. The number of aromatic nitrogens is 4. The zero-order valence-electron chi connectivity index (χ0n) is 18.2. The minimum atomic E-state index is -0.548. The largest absolute Gasteiger partial charge is 0.461 e. The third-order valence-electron chi connectivity index (χ3n) is 5.92. The summed E-state index contributed by atoms with van der Waals surface area (Å²) in [5.74, 6) is -0.548. The molecule has 5 rings (SSSR count). The average Bonchev–Trinajstić information content (AvgIpc) is 3.24. The van der Waals surface area contributed by atoms with Crippen molar-refractivity contribution in [1.82, 2.24) is 19.7 Å². The number of nitrogen functional groups attached to an aromatic ring is 1. The number of hydrogen-bond donors (Lipinski definition) is 1. The molecule has 1 saturated heterocycles. The molecule has 8 heteroatoms. The number of nitrogens with two attached hydrogens (primary N) is 1. The van der Waals surface area contributed by atoms with E-state index in [2.05, 4.69) is 21.1 Å². The van der Waals surface area contributed by atoms with E-state index in [-0.39, 0.29) is 24.2 Å². The Morgan fingerprint density at radius 2 is 2.16 bits per heavy atom. The van der Waals surface area contributed by atoms with E-state index in [4.69, 9.17) is 15.2 Å². The van der Waals surface area contributed by atoms with E-state index >= 15 is 0 Å². The number of carbonyl (C=O) groups is 1. The summed E-state index contributed by atoms with van der Waals surface area (Å²) in [6.45, 7) is 4.74. The molecule has 1 unspecified atom stereocenters. The number of rotatable bonds is 4. The summed E-state index contributed by atoms with van der Waals surface area (Å²) in [6, 6.07) is 7.70. The molecule has 3 aromatic heterocycles. The molecule has 0 spiro atoms. The molecule has 164 valence electrons. The van der Waals surface area contributed by atoms with Gasteiger partial charge in [-0.15, -0.1) is 0 Å². The van der Waals surface area contributed by atoms with Crippen LogP contribution in [-0.2, 0) is 9.47 Å². The zero-order valence-corrected chi connectivity index (χ0v) is 18.2. The number of benzene rings is 1. The number of nitrogens with zero attached hydrogens (tertiary/aromatic N) is 4. The molecule has 1 aliphatic heterocycles. The third-order valence-corrected chi connectivity index (χ3v) is 5.92. The van der Waals surface area contributed by atoms with Crippen molar-refractivity contribution in [3.05, 3.63) is 47.9 Å². The molecule has 1 aromatic carbocycles. The van der Waals surface area contributed by atoms with Crippen molar-refractivity contribution in [2.75, 3.05) is 18.9 Å². The Morgan fingerprint density at radius 1 is 1.28 bits per heavy atom. The molecule has 1 aliphatic rings. The SMILES string of the molecule is CCOC(=O)c1nc2cccnc2c(-c2c(C)ccc3c2cnn3C2CCCCO2)c1N.